The van der Waals surface area contributed by atoms with E-state index in [-0.39, 0.29) is 24.4 Å². The lowest BCUT2D eigenvalue weighted by Gasteiger charge is -2.19. The number of likely N-dealkylation sites (N-methyl/N-ethyl adjacent to an activating group) is 1. The molecule has 0 saturated carbocycles. The first kappa shape index (κ1) is 21.2. The van der Waals surface area contributed by atoms with Crippen LogP contribution in [0, 0.1) is 0 Å². The van der Waals surface area contributed by atoms with Crippen molar-refractivity contribution < 1.29 is 23.5 Å². The van der Waals surface area contributed by atoms with Gasteiger partial charge < -0.3 is 19.4 Å². The van der Waals surface area contributed by atoms with Crippen LogP contribution in [0.4, 0.5) is 0 Å². The molecule has 0 aliphatic carbocycles. The Morgan fingerprint density at radius 1 is 1.11 bits per heavy atom. The zero-order chi connectivity index (χ0) is 20.7. The molecule has 7 nitrogen and oxygen atoms in total. The van der Waals surface area contributed by atoms with Gasteiger partial charge >= 0.3 is 5.97 Å². The fourth-order valence-corrected chi connectivity index (χ4v) is 2.39. The normalized spacial score (nSPS) is 11.0. The van der Waals surface area contributed by atoms with Gasteiger partial charge in [-0.15, -0.1) is 0 Å². The Balaban J connectivity index is 1.77. The third kappa shape index (κ3) is 6.26. The average Bonchev–Trinajstić information content (AvgIpc) is 3.17. The Hall–Kier alpha value is -3.09. The number of nitrogens with zero attached hydrogens (tertiary/aromatic N) is 1. The van der Waals surface area contributed by atoms with E-state index in [1.54, 1.807) is 24.3 Å². The molecule has 2 aromatic rings. The molecule has 0 spiro atoms. The van der Waals surface area contributed by atoms with Gasteiger partial charge in [-0.3, -0.25) is 9.59 Å². The minimum Gasteiger partial charge on any atom is -0.467 e. The van der Waals surface area contributed by atoms with Crippen LogP contribution in [0.3, 0.4) is 0 Å². The number of benzene rings is 1. The van der Waals surface area contributed by atoms with E-state index in [0.717, 1.165) is 5.56 Å². The van der Waals surface area contributed by atoms with Gasteiger partial charge in [0.1, 0.15) is 5.76 Å². The van der Waals surface area contributed by atoms with Crippen molar-refractivity contribution in [3.63, 3.8) is 0 Å². The van der Waals surface area contributed by atoms with Crippen LogP contribution < -0.4 is 5.32 Å². The van der Waals surface area contributed by atoms with Gasteiger partial charge in [0.15, 0.2) is 6.61 Å². The van der Waals surface area contributed by atoms with Crippen LogP contribution in [-0.2, 0) is 26.3 Å². The lowest BCUT2D eigenvalue weighted by Crippen LogP contribution is -2.39. The molecule has 0 unspecified atom stereocenters. The number of esters is 1. The molecule has 1 aromatic carbocycles. The zero-order valence-corrected chi connectivity index (χ0v) is 16.7. The maximum Gasteiger partial charge on any atom is 0.338 e. The molecule has 150 valence electrons. The van der Waals surface area contributed by atoms with E-state index in [2.05, 4.69) is 26.1 Å². The molecule has 0 aliphatic rings. The molecular weight excluding hydrogens is 360 g/mol. The van der Waals surface area contributed by atoms with Crippen LogP contribution in [0.15, 0.2) is 47.1 Å². The highest BCUT2D eigenvalue weighted by atomic mass is 16.5. The number of nitrogens with one attached hydrogen (secondary N) is 1. The molecule has 2 amide bonds. The van der Waals surface area contributed by atoms with Gasteiger partial charge in [-0.25, -0.2) is 4.79 Å². The molecule has 0 radical (unpaired) electrons. The molecule has 0 bridgehead atoms. The smallest absolute Gasteiger partial charge is 0.338 e. The molecule has 7 heteroatoms. The second-order valence-corrected chi connectivity index (χ2v) is 7.51. The van der Waals surface area contributed by atoms with Gasteiger partial charge in [0.05, 0.1) is 24.9 Å². The fourth-order valence-electron chi connectivity index (χ4n) is 2.39. The van der Waals surface area contributed by atoms with Gasteiger partial charge in [0.2, 0.25) is 5.91 Å². The van der Waals surface area contributed by atoms with E-state index in [4.69, 9.17) is 9.15 Å². The van der Waals surface area contributed by atoms with E-state index >= 15 is 0 Å². The van der Waals surface area contributed by atoms with E-state index in [1.165, 1.54) is 18.2 Å². The molecule has 0 fully saturated rings. The Morgan fingerprint density at radius 3 is 2.36 bits per heavy atom. The number of ether oxygens (including phenoxy) is 1. The lowest BCUT2D eigenvalue weighted by atomic mass is 9.87. The van der Waals surface area contributed by atoms with Crippen LogP contribution in [0.1, 0.15) is 42.5 Å². The second kappa shape index (κ2) is 9.21. The predicted octanol–water partition coefficient (Wildman–Crippen LogP) is 2.51. The summed E-state index contributed by atoms with van der Waals surface area (Å²) >= 11 is 0. The third-order valence-electron chi connectivity index (χ3n) is 4.16. The zero-order valence-electron chi connectivity index (χ0n) is 16.7. The summed E-state index contributed by atoms with van der Waals surface area (Å²) in [6.45, 7) is 5.92. The predicted molar refractivity (Wildman–Crippen MR) is 104 cm³/mol. The molecule has 1 heterocycles. The van der Waals surface area contributed by atoms with Crippen molar-refractivity contribution in [2.45, 2.75) is 32.7 Å². The molecule has 1 aromatic heterocycles. The largest absolute Gasteiger partial charge is 0.467 e. The third-order valence-corrected chi connectivity index (χ3v) is 4.16. The van der Waals surface area contributed by atoms with E-state index in [9.17, 15) is 14.4 Å². The lowest BCUT2D eigenvalue weighted by molar-refractivity contribution is -0.137. The highest BCUT2D eigenvalue weighted by Crippen LogP contribution is 2.22. The quantitative estimate of drug-likeness (QED) is 0.739. The highest BCUT2D eigenvalue weighted by Gasteiger charge is 2.17. The van der Waals surface area contributed by atoms with Crippen LogP contribution in [0.2, 0.25) is 0 Å². The molecule has 2 rings (SSSR count). The summed E-state index contributed by atoms with van der Waals surface area (Å²) in [5, 5.41) is 2.64. The monoisotopic (exact) mass is 386 g/mol. The van der Waals surface area contributed by atoms with Crippen LogP contribution in [-0.4, -0.2) is 42.9 Å². The molecule has 1 N–H and O–H groups in total. The van der Waals surface area contributed by atoms with Crippen LogP contribution in [0.5, 0.6) is 0 Å². The maximum absolute atomic E-state index is 12.1. The minimum atomic E-state index is -0.579. The van der Waals surface area contributed by atoms with Gasteiger partial charge in [-0.1, -0.05) is 32.9 Å². The molecule has 0 aliphatic heterocycles. The van der Waals surface area contributed by atoms with Crippen LogP contribution >= 0.6 is 0 Å². The standard InChI is InChI=1S/C21H26N2O5/c1-21(2,3)16-9-7-15(8-10-16)20(26)28-14-19(25)23(4)13-18(24)22-12-17-6-5-11-27-17/h5-11H,12-14H2,1-4H3,(H,22,24). The Morgan fingerprint density at radius 2 is 1.79 bits per heavy atom. The summed E-state index contributed by atoms with van der Waals surface area (Å²) < 4.78 is 10.2. The van der Waals surface area contributed by atoms with Crippen molar-refractivity contribution in [3.8, 4) is 0 Å². The minimum absolute atomic E-state index is 0.0153. The van der Waals surface area contributed by atoms with Crippen molar-refractivity contribution in [1.29, 1.82) is 0 Å². The van der Waals surface area contributed by atoms with E-state index in [0.29, 0.717) is 11.3 Å². The van der Waals surface area contributed by atoms with Gasteiger partial charge in [0.25, 0.3) is 5.91 Å². The van der Waals surface area contributed by atoms with E-state index < -0.39 is 18.5 Å². The van der Waals surface area contributed by atoms with Crippen molar-refractivity contribution in [2.24, 2.45) is 0 Å². The first-order valence-corrected chi connectivity index (χ1v) is 8.97. The first-order chi connectivity index (χ1) is 13.2. The Labute approximate surface area is 164 Å². The van der Waals surface area contributed by atoms with Gasteiger partial charge in [-0.05, 0) is 35.2 Å². The average molecular weight is 386 g/mol. The van der Waals surface area contributed by atoms with Crippen molar-refractivity contribution >= 4 is 17.8 Å². The highest BCUT2D eigenvalue weighted by molar-refractivity contribution is 5.92. The number of rotatable bonds is 7. The summed E-state index contributed by atoms with van der Waals surface area (Å²) in [5.74, 6) is -0.762. The van der Waals surface area contributed by atoms with Crippen molar-refractivity contribution in [3.05, 3.63) is 59.5 Å². The summed E-state index contributed by atoms with van der Waals surface area (Å²) in [4.78, 5) is 37.3. The summed E-state index contributed by atoms with van der Waals surface area (Å²) in [6, 6.07) is 10.6. The van der Waals surface area contributed by atoms with Crippen molar-refractivity contribution in [1.82, 2.24) is 10.2 Å². The van der Waals surface area contributed by atoms with Gasteiger partial charge in [0, 0.05) is 7.05 Å². The Kier molecular flexibility index (Phi) is 6.98. The van der Waals surface area contributed by atoms with Gasteiger partial charge in [-0.2, -0.15) is 0 Å². The second-order valence-electron chi connectivity index (χ2n) is 7.51. The number of carbonyl (C=O) groups excluding carboxylic acids is 3. The van der Waals surface area contributed by atoms with E-state index in [1.807, 2.05) is 12.1 Å². The van der Waals surface area contributed by atoms with Crippen LogP contribution in [0.25, 0.3) is 0 Å². The fraction of sp³-hybridized carbons (Fsp3) is 0.381. The number of furan rings is 1. The number of carbonyl (C=O) groups is 3. The summed E-state index contributed by atoms with van der Waals surface area (Å²) in [6.07, 6.45) is 1.52. The molecule has 0 saturated heterocycles. The number of hydrogen-bond acceptors (Lipinski definition) is 5. The summed E-state index contributed by atoms with van der Waals surface area (Å²) in [7, 11) is 1.47. The Bertz CT molecular complexity index is 804. The SMILES string of the molecule is CN(CC(=O)NCc1ccco1)C(=O)COC(=O)c1ccc(C(C)(C)C)cc1. The summed E-state index contributed by atoms with van der Waals surface area (Å²) in [5.41, 5.74) is 1.46. The maximum atomic E-state index is 12.1. The van der Waals surface area contributed by atoms with Crippen molar-refractivity contribution in [2.75, 3.05) is 20.2 Å². The number of amides is 2. The number of hydrogen-bond donors (Lipinski definition) is 1. The topological polar surface area (TPSA) is 88.8 Å². The molecule has 28 heavy (non-hydrogen) atoms. The molecular formula is C21H26N2O5. The first-order valence-electron chi connectivity index (χ1n) is 8.97. The molecule has 0 atom stereocenters.